The SMILES string of the molecule is O=C(COc1ccc2oc3c(c2c1)CCCC3)NNC(=O)c1ccccc1Br. The molecule has 1 heterocycles. The molecule has 4 rings (SSSR count). The maximum absolute atomic E-state index is 12.1. The van der Waals surface area contributed by atoms with Crippen LogP contribution in [0.4, 0.5) is 0 Å². The highest BCUT2D eigenvalue weighted by molar-refractivity contribution is 9.10. The monoisotopic (exact) mass is 442 g/mol. The summed E-state index contributed by atoms with van der Waals surface area (Å²) >= 11 is 3.30. The van der Waals surface area contributed by atoms with Gasteiger partial charge in [-0.25, -0.2) is 0 Å². The lowest BCUT2D eigenvalue weighted by atomic mass is 9.96. The lowest BCUT2D eigenvalue weighted by molar-refractivity contribution is -0.123. The van der Waals surface area contributed by atoms with Crippen LogP contribution in [0.1, 0.15) is 34.5 Å². The van der Waals surface area contributed by atoms with Crippen molar-refractivity contribution >= 4 is 38.7 Å². The van der Waals surface area contributed by atoms with E-state index in [1.807, 2.05) is 12.1 Å². The van der Waals surface area contributed by atoms with Crippen LogP contribution in [0.25, 0.3) is 11.0 Å². The summed E-state index contributed by atoms with van der Waals surface area (Å²) in [6, 6.07) is 12.5. The Bertz CT molecular complexity index is 1040. The lowest BCUT2D eigenvalue weighted by Gasteiger charge is -2.10. The van der Waals surface area contributed by atoms with Crippen LogP contribution in [0.15, 0.2) is 51.4 Å². The first-order chi connectivity index (χ1) is 13.6. The van der Waals surface area contributed by atoms with Crippen molar-refractivity contribution in [2.24, 2.45) is 0 Å². The highest BCUT2D eigenvalue weighted by Crippen LogP contribution is 2.33. The van der Waals surface area contributed by atoms with Gasteiger partial charge < -0.3 is 9.15 Å². The van der Waals surface area contributed by atoms with E-state index in [4.69, 9.17) is 9.15 Å². The normalized spacial score (nSPS) is 13.0. The highest BCUT2D eigenvalue weighted by atomic mass is 79.9. The summed E-state index contributed by atoms with van der Waals surface area (Å²) in [5, 5.41) is 1.05. The molecule has 1 aliphatic rings. The van der Waals surface area contributed by atoms with E-state index in [-0.39, 0.29) is 6.61 Å². The van der Waals surface area contributed by atoms with Crippen LogP contribution >= 0.6 is 15.9 Å². The number of furan rings is 1. The van der Waals surface area contributed by atoms with Gasteiger partial charge >= 0.3 is 0 Å². The topological polar surface area (TPSA) is 80.6 Å². The molecule has 0 aliphatic heterocycles. The predicted octanol–water partition coefficient (Wildman–Crippen LogP) is 3.91. The fourth-order valence-electron chi connectivity index (χ4n) is 3.36. The van der Waals surface area contributed by atoms with Crippen molar-refractivity contribution < 1.29 is 18.7 Å². The number of hydrogen-bond donors (Lipinski definition) is 2. The summed E-state index contributed by atoms with van der Waals surface area (Å²) in [5.41, 5.74) is 7.26. The van der Waals surface area contributed by atoms with E-state index in [0.717, 1.165) is 42.4 Å². The second-order valence-electron chi connectivity index (χ2n) is 6.64. The number of benzene rings is 2. The summed E-state index contributed by atoms with van der Waals surface area (Å²) in [4.78, 5) is 24.1. The number of carbonyl (C=O) groups excluding carboxylic acids is 2. The Balaban J connectivity index is 1.34. The molecule has 2 N–H and O–H groups in total. The van der Waals surface area contributed by atoms with Crippen LogP contribution in [0.2, 0.25) is 0 Å². The minimum atomic E-state index is -0.449. The smallest absolute Gasteiger partial charge is 0.276 e. The van der Waals surface area contributed by atoms with Crippen LogP contribution in [0.5, 0.6) is 5.75 Å². The second kappa shape index (κ2) is 8.06. The zero-order valence-corrected chi connectivity index (χ0v) is 16.7. The number of carbonyl (C=O) groups is 2. The van der Waals surface area contributed by atoms with Crippen molar-refractivity contribution in [3.63, 3.8) is 0 Å². The first-order valence-corrected chi connectivity index (χ1v) is 9.92. The number of amides is 2. The van der Waals surface area contributed by atoms with Crippen LogP contribution in [0, 0.1) is 0 Å². The average molecular weight is 443 g/mol. The van der Waals surface area contributed by atoms with E-state index >= 15 is 0 Å². The molecule has 3 aromatic rings. The zero-order valence-electron chi connectivity index (χ0n) is 15.1. The van der Waals surface area contributed by atoms with Gasteiger partial charge in [0.25, 0.3) is 11.8 Å². The molecule has 7 heteroatoms. The van der Waals surface area contributed by atoms with Crippen molar-refractivity contribution in [1.82, 2.24) is 10.9 Å². The van der Waals surface area contributed by atoms with E-state index in [1.165, 1.54) is 5.56 Å². The van der Waals surface area contributed by atoms with E-state index in [2.05, 4.69) is 26.8 Å². The Kier molecular flexibility index (Phi) is 5.34. The summed E-state index contributed by atoms with van der Waals surface area (Å²) in [7, 11) is 0. The minimum absolute atomic E-state index is 0.207. The van der Waals surface area contributed by atoms with Gasteiger partial charge in [-0.15, -0.1) is 0 Å². The Morgan fingerprint density at radius 1 is 1.07 bits per heavy atom. The molecule has 0 atom stereocenters. The number of nitrogens with one attached hydrogen (secondary N) is 2. The molecule has 0 radical (unpaired) electrons. The zero-order chi connectivity index (χ0) is 19.5. The van der Waals surface area contributed by atoms with E-state index in [9.17, 15) is 9.59 Å². The van der Waals surface area contributed by atoms with Crippen molar-refractivity contribution in [1.29, 1.82) is 0 Å². The number of aryl methyl sites for hydroxylation is 2. The van der Waals surface area contributed by atoms with Gasteiger partial charge in [-0.05, 0) is 65.5 Å². The number of ether oxygens (including phenoxy) is 1. The minimum Gasteiger partial charge on any atom is -0.484 e. The van der Waals surface area contributed by atoms with Gasteiger partial charge in [-0.1, -0.05) is 12.1 Å². The van der Waals surface area contributed by atoms with Crippen molar-refractivity contribution in [3.8, 4) is 5.75 Å². The molecule has 144 valence electrons. The largest absolute Gasteiger partial charge is 0.484 e. The Hall–Kier alpha value is -2.80. The molecule has 0 unspecified atom stereocenters. The fraction of sp³-hybridized carbons (Fsp3) is 0.238. The first kappa shape index (κ1) is 18.6. The summed E-state index contributed by atoms with van der Waals surface area (Å²) in [5.74, 6) is 0.793. The standard InChI is InChI=1S/C21H19BrN2O4/c22-17-7-3-1-6-15(17)21(26)24-23-20(25)12-27-13-9-10-19-16(11-13)14-5-2-4-8-18(14)28-19/h1,3,6-7,9-11H,2,4-5,8,12H2,(H,23,25)(H,24,26). The quantitative estimate of drug-likeness (QED) is 0.600. The first-order valence-electron chi connectivity index (χ1n) is 9.12. The van der Waals surface area contributed by atoms with Gasteiger partial charge in [-0.3, -0.25) is 20.4 Å². The molecular weight excluding hydrogens is 424 g/mol. The molecule has 2 amide bonds. The van der Waals surface area contributed by atoms with Gasteiger partial charge in [0.15, 0.2) is 6.61 Å². The molecule has 2 aromatic carbocycles. The Labute approximate surface area is 170 Å². The molecule has 0 saturated carbocycles. The molecule has 0 spiro atoms. The van der Waals surface area contributed by atoms with E-state index < -0.39 is 11.8 Å². The molecule has 0 fully saturated rings. The maximum atomic E-state index is 12.1. The third-order valence-corrected chi connectivity index (χ3v) is 5.42. The van der Waals surface area contributed by atoms with E-state index in [0.29, 0.717) is 15.8 Å². The summed E-state index contributed by atoms with van der Waals surface area (Å²) in [6.45, 7) is -0.207. The average Bonchev–Trinajstić information content (AvgIpc) is 3.09. The van der Waals surface area contributed by atoms with Crippen LogP contribution < -0.4 is 15.6 Å². The van der Waals surface area contributed by atoms with Crippen LogP contribution in [-0.2, 0) is 17.6 Å². The maximum Gasteiger partial charge on any atom is 0.276 e. The molecule has 1 aromatic heterocycles. The molecule has 6 nitrogen and oxygen atoms in total. The van der Waals surface area contributed by atoms with Gasteiger partial charge in [0.05, 0.1) is 5.56 Å². The molecule has 0 saturated heterocycles. The number of fused-ring (bicyclic) bond motifs is 3. The van der Waals surface area contributed by atoms with Crippen molar-refractivity contribution in [3.05, 3.63) is 63.8 Å². The fourth-order valence-corrected chi connectivity index (χ4v) is 3.82. The van der Waals surface area contributed by atoms with Gasteiger partial charge in [0.2, 0.25) is 0 Å². The molecule has 0 bridgehead atoms. The highest BCUT2D eigenvalue weighted by Gasteiger charge is 2.18. The van der Waals surface area contributed by atoms with Gasteiger partial charge in [0, 0.05) is 21.8 Å². The number of rotatable bonds is 4. The van der Waals surface area contributed by atoms with Crippen molar-refractivity contribution in [2.75, 3.05) is 6.61 Å². The predicted molar refractivity (Wildman–Crippen MR) is 108 cm³/mol. The third-order valence-electron chi connectivity index (χ3n) is 4.73. The van der Waals surface area contributed by atoms with Crippen molar-refractivity contribution in [2.45, 2.75) is 25.7 Å². The Morgan fingerprint density at radius 3 is 2.75 bits per heavy atom. The van der Waals surface area contributed by atoms with Gasteiger partial charge in [-0.2, -0.15) is 0 Å². The third kappa shape index (κ3) is 3.89. The van der Waals surface area contributed by atoms with Gasteiger partial charge in [0.1, 0.15) is 17.1 Å². The summed E-state index contributed by atoms with van der Waals surface area (Å²) in [6.07, 6.45) is 4.29. The number of hydrazine groups is 1. The summed E-state index contributed by atoms with van der Waals surface area (Å²) < 4.78 is 12.1. The number of halogens is 1. The molecular formula is C21H19BrN2O4. The van der Waals surface area contributed by atoms with Crippen LogP contribution in [0.3, 0.4) is 0 Å². The van der Waals surface area contributed by atoms with Crippen LogP contribution in [-0.4, -0.2) is 18.4 Å². The van der Waals surface area contributed by atoms with E-state index in [1.54, 1.807) is 30.3 Å². The number of hydrogen-bond acceptors (Lipinski definition) is 4. The molecule has 28 heavy (non-hydrogen) atoms. The second-order valence-corrected chi connectivity index (χ2v) is 7.49. The Morgan fingerprint density at radius 2 is 1.89 bits per heavy atom. The lowest BCUT2D eigenvalue weighted by Crippen LogP contribution is -2.43. The molecule has 1 aliphatic carbocycles.